The van der Waals surface area contributed by atoms with Crippen molar-refractivity contribution < 1.29 is 23.6 Å². The minimum atomic E-state index is -0.488. The molecule has 3 aromatic carbocycles. The van der Waals surface area contributed by atoms with Gasteiger partial charge in [-0.2, -0.15) is 0 Å². The molecule has 0 saturated heterocycles. The number of fused-ring (bicyclic) bond motifs is 1. The van der Waals surface area contributed by atoms with Gasteiger partial charge in [-0.1, -0.05) is 30.3 Å². The van der Waals surface area contributed by atoms with E-state index in [-0.39, 0.29) is 36.4 Å². The Hall–Kier alpha value is -4.83. The van der Waals surface area contributed by atoms with E-state index in [1.54, 1.807) is 42.4 Å². The van der Waals surface area contributed by atoms with Gasteiger partial charge in [-0.05, 0) is 65.9 Å². The number of ether oxygens (including phenoxy) is 1. The van der Waals surface area contributed by atoms with Crippen molar-refractivity contribution in [3.8, 4) is 0 Å². The molecule has 10 heteroatoms. The number of hydrogen-bond donors (Lipinski definition) is 1. The van der Waals surface area contributed by atoms with Crippen molar-refractivity contribution in [3.63, 3.8) is 0 Å². The van der Waals surface area contributed by atoms with Gasteiger partial charge in [0, 0.05) is 68.7 Å². The van der Waals surface area contributed by atoms with E-state index in [1.807, 2.05) is 30.5 Å². The van der Waals surface area contributed by atoms with Gasteiger partial charge in [0.25, 0.3) is 5.69 Å². The molecule has 0 aliphatic rings. The van der Waals surface area contributed by atoms with Gasteiger partial charge in [0.2, 0.25) is 11.8 Å². The largest absolute Gasteiger partial charge is 0.385 e. The van der Waals surface area contributed by atoms with Crippen LogP contribution in [-0.2, 0) is 27.3 Å². The lowest BCUT2D eigenvalue weighted by Gasteiger charge is -2.27. The monoisotopic (exact) mass is 572 g/mol. The first-order chi connectivity index (χ1) is 20.3. The molecule has 0 aliphatic heterocycles. The summed E-state index contributed by atoms with van der Waals surface area (Å²) in [6.07, 6.45) is 5.99. The van der Waals surface area contributed by atoms with Crippen molar-refractivity contribution in [1.29, 1.82) is 0 Å². The molecule has 0 bridgehead atoms. The van der Waals surface area contributed by atoms with Crippen LogP contribution < -0.4 is 0 Å². The van der Waals surface area contributed by atoms with Gasteiger partial charge in [-0.3, -0.25) is 19.7 Å². The predicted octanol–water partition coefficient (Wildman–Crippen LogP) is 5.37. The number of non-ortho nitro benzene ring substituents is 1. The maximum Gasteiger partial charge on any atom is 0.269 e. The number of halogens is 1. The highest BCUT2D eigenvalue weighted by Crippen LogP contribution is 2.19. The fraction of sp³-hybridized carbons (Fsp3) is 0.250. The van der Waals surface area contributed by atoms with E-state index < -0.39 is 4.92 Å². The van der Waals surface area contributed by atoms with Gasteiger partial charge >= 0.3 is 0 Å². The fourth-order valence-electron chi connectivity index (χ4n) is 4.61. The smallest absolute Gasteiger partial charge is 0.269 e. The topological polar surface area (TPSA) is 109 Å². The van der Waals surface area contributed by atoms with Crippen molar-refractivity contribution >= 4 is 34.5 Å². The molecule has 9 nitrogen and oxygen atoms in total. The number of methoxy groups -OCH3 is 1. The lowest BCUT2D eigenvalue weighted by molar-refractivity contribution is -0.384. The first kappa shape index (κ1) is 30.1. The zero-order valence-electron chi connectivity index (χ0n) is 23.4. The third-order valence-electron chi connectivity index (χ3n) is 6.90. The van der Waals surface area contributed by atoms with Gasteiger partial charge in [-0.15, -0.1) is 0 Å². The normalized spacial score (nSPS) is 11.2. The molecule has 0 spiro atoms. The van der Waals surface area contributed by atoms with Crippen LogP contribution in [0, 0.1) is 15.9 Å². The fourth-order valence-corrected chi connectivity index (χ4v) is 4.61. The van der Waals surface area contributed by atoms with Crippen molar-refractivity contribution in [2.75, 3.05) is 33.4 Å². The molecule has 4 aromatic rings. The lowest BCUT2D eigenvalue weighted by Crippen LogP contribution is -2.43. The van der Waals surface area contributed by atoms with Crippen LogP contribution in [-0.4, -0.2) is 64.9 Å². The number of para-hydroxylation sites is 1. The molecule has 0 fully saturated rings. The Bertz CT molecular complexity index is 1530. The molecule has 0 atom stereocenters. The van der Waals surface area contributed by atoms with Crippen LogP contribution in [0.25, 0.3) is 17.0 Å². The van der Waals surface area contributed by atoms with Crippen molar-refractivity contribution in [2.45, 2.75) is 19.4 Å². The van der Waals surface area contributed by atoms with Crippen LogP contribution in [0.5, 0.6) is 0 Å². The maximum atomic E-state index is 13.7. The summed E-state index contributed by atoms with van der Waals surface area (Å²) < 4.78 is 18.7. The number of amides is 2. The number of nitro benzene ring substituents is 1. The summed E-state index contributed by atoms with van der Waals surface area (Å²) in [4.78, 5) is 43.7. The molecule has 42 heavy (non-hydrogen) atoms. The third-order valence-corrected chi connectivity index (χ3v) is 6.90. The number of rotatable bonds is 14. The Morgan fingerprint density at radius 1 is 1.00 bits per heavy atom. The second kappa shape index (κ2) is 14.7. The average Bonchev–Trinajstić information content (AvgIpc) is 3.41. The number of aromatic nitrogens is 1. The number of carbonyl (C=O) groups excluding carboxylic acids is 2. The first-order valence-electron chi connectivity index (χ1n) is 13.6. The van der Waals surface area contributed by atoms with Gasteiger partial charge < -0.3 is 19.5 Å². The summed E-state index contributed by atoms with van der Waals surface area (Å²) in [5.74, 6) is -0.963. The number of nitrogens with one attached hydrogen (secondary N) is 1. The van der Waals surface area contributed by atoms with Crippen molar-refractivity contribution in [1.82, 2.24) is 14.8 Å². The van der Waals surface area contributed by atoms with E-state index in [4.69, 9.17) is 4.74 Å². The van der Waals surface area contributed by atoms with Gasteiger partial charge in [0.1, 0.15) is 12.4 Å². The standard InChI is InChI=1S/C32H33FN4O5/c1-42-20-4-18-35(31(38)16-11-24-9-14-28(15-10-24)37(40)41)23-32(39)36(22-25-7-12-27(33)13-8-25)19-17-26-21-34-30-6-3-2-5-29(26)30/h2-3,5-16,21,34H,4,17-20,22-23H2,1H3/b16-11+. The minimum Gasteiger partial charge on any atom is -0.385 e. The van der Waals surface area contributed by atoms with E-state index >= 15 is 0 Å². The molecule has 0 radical (unpaired) electrons. The van der Waals surface area contributed by atoms with Crippen LogP contribution in [0.1, 0.15) is 23.1 Å². The van der Waals surface area contributed by atoms with E-state index in [1.165, 1.54) is 35.2 Å². The van der Waals surface area contributed by atoms with Crippen LogP contribution in [0.2, 0.25) is 0 Å². The first-order valence-corrected chi connectivity index (χ1v) is 13.6. The highest BCUT2D eigenvalue weighted by Gasteiger charge is 2.21. The summed E-state index contributed by atoms with van der Waals surface area (Å²) in [6.45, 7) is 1.24. The highest BCUT2D eigenvalue weighted by atomic mass is 19.1. The molecule has 4 rings (SSSR count). The molecule has 1 N–H and O–H groups in total. The average molecular weight is 573 g/mol. The Morgan fingerprint density at radius 3 is 2.45 bits per heavy atom. The van der Waals surface area contributed by atoms with Gasteiger partial charge in [-0.25, -0.2) is 4.39 Å². The Labute approximate surface area is 243 Å². The quantitative estimate of drug-likeness (QED) is 0.0947. The van der Waals surface area contributed by atoms with E-state index in [0.717, 1.165) is 22.0 Å². The predicted molar refractivity (Wildman–Crippen MR) is 159 cm³/mol. The molecular weight excluding hydrogens is 539 g/mol. The summed E-state index contributed by atoms with van der Waals surface area (Å²) in [5, 5.41) is 12.0. The number of carbonyl (C=O) groups is 2. The molecule has 1 aromatic heterocycles. The summed E-state index contributed by atoms with van der Waals surface area (Å²) >= 11 is 0. The second-order valence-electron chi connectivity index (χ2n) is 9.84. The lowest BCUT2D eigenvalue weighted by atomic mass is 10.1. The Kier molecular flexibility index (Phi) is 10.5. The minimum absolute atomic E-state index is 0.0425. The number of benzene rings is 3. The third kappa shape index (κ3) is 8.34. The van der Waals surface area contributed by atoms with Crippen LogP contribution in [0.3, 0.4) is 0 Å². The zero-order chi connectivity index (χ0) is 29.9. The van der Waals surface area contributed by atoms with E-state index in [2.05, 4.69) is 4.98 Å². The summed E-state index contributed by atoms with van der Waals surface area (Å²) in [7, 11) is 1.57. The van der Waals surface area contributed by atoms with Gasteiger partial charge in [0.05, 0.1) is 4.92 Å². The number of hydrogen-bond acceptors (Lipinski definition) is 5. The summed E-state index contributed by atoms with van der Waals surface area (Å²) in [6, 6.07) is 19.8. The maximum absolute atomic E-state index is 13.7. The number of aromatic amines is 1. The Morgan fingerprint density at radius 2 is 1.74 bits per heavy atom. The summed E-state index contributed by atoms with van der Waals surface area (Å²) in [5.41, 5.74) is 3.44. The van der Waals surface area contributed by atoms with Crippen LogP contribution in [0.15, 0.2) is 85.1 Å². The number of H-pyrrole nitrogens is 1. The van der Waals surface area contributed by atoms with Gasteiger partial charge in [0.15, 0.2) is 0 Å². The van der Waals surface area contributed by atoms with Crippen LogP contribution in [0.4, 0.5) is 10.1 Å². The highest BCUT2D eigenvalue weighted by molar-refractivity contribution is 5.94. The SMILES string of the molecule is COCCCN(CC(=O)N(CCc1c[nH]c2ccccc12)Cc1ccc(F)cc1)C(=O)/C=C/c1ccc([N+](=O)[O-])cc1. The van der Waals surface area contributed by atoms with E-state index in [0.29, 0.717) is 38.1 Å². The van der Waals surface area contributed by atoms with Crippen molar-refractivity contribution in [3.05, 3.63) is 118 Å². The molecular formula is C32H33FN4O5. The molecule has 0 saturated carbocycles. The van der Waals surface area contributed by atoms with Crippen molar-refractivity contribution in [2.24, 2.45) is 0 Å². The second-order valence-corrected chi connectivity index (χ2v) is 9.84. The Balaban J connectivity index is 1.50. The van der Waals surface area contributed by atoms with E-state index in [9.17, 15) is 24.1 Å². The molecule has 2 amide bonds. The molecule has 0 unspecified atom stereocenters. The molecule has 218 valence electrons. The molecule has 1 heterocycles. The number of nitro groups is 1. The zero-order valence-corrected chi connectivity index (χ0v) is 23.4. The number of nitrogens with zero attached hydrogens (tertiary/aromatic N) is 3. The molecule has 0 aliphatic carbocycles. The van der Waals surface area contributed by atoms with Crippen LogP contribution >= 0.6 is 0 Å².